The SMILES string of the molecule is COC(=O)c1cccc(NC(=O)CSCc2nc3sc4c(c3c(=O)[nH]2)CCC4)c1O. The number of methoxy groups -OCH3 is 1. The smallest absolute Gasteiger partial charge is 0.341 e. The second-order valence-corrected chi connectivity index (χ2v) is 8.85. The highest BCUT2D eigenvalue weighted by molar-refractivity contribution is 7.99. The van der Waals surface area contributed by atoms with E-state index >= 15 is 0 Å². The number of hydrogen-bond acceptors (Lipinski definition) is 8. The number of H-pyrrole nitrogens is 1. The van der Waals surface area contributed by atoms with Crippen molar-refractivity contribution in [3.63, 3.8) is 0 Å². The second-order valence-electron chi connectivity index (χ2n) is 6.78. The average Bonchev–Trinajstić information content (AvgIpc) is 3.30. The number of thiophene rings is 1. The van der Waals surface area contributed by atoms with Crippen molar-refractivity contribution in [3.05, 3.63) is 50.4 Å². The quantitative estimate of drug-likeness (QED) is 0.394. The molecule has 1 amide bonds. The molecule has 0 aliphatic heterocycles. The number of thioether (sulfide) groups is 1. The van der Waals surface area contributed by atoms with Crippen LogP contribution in [0.3, 0.4) is 0 Å². The van der Waals surface area contributed by atoms with Crippen molar-refractivity contribution >= 4 is 50.9 Å². The monoisotopic (exact) mass is 445 g/mol. The summed E-state index contributed by atoms with van der Waals surface area (Å²) in [6.45, 7) is 0. The van der Waals surface area contributed by atoms with Crippen LogP contribution in [0, 0.1) is 0 Å². The number of aromatic nitrogens is 2. The first kappa shape index (κ1) is 20.4. The lowest BCUT2D eigenvalue weighted by Crippen LogP contribution is -2.16. The highest BCUT2D eigenvalue weighted by Gasteiger charge is 2.21. The fraction of sp³-hybridized carbons (Fsp3) is 0.300. The zero-order valence-electron chi connectivity index (χ0n) is 16.1. The molecule has 156 valence electrons. The number of carbonyl (C=O) groups excluding carboxylic acids is 2. The average molecular weight is 446 g/mol. The Morgan fingerprint density at radius 3 is 3.00 bits per heavy atom. The van der Waals surface area contributed by atoms with Crippen LogP contribution in [0.1, 0.15) is 33.0 Å². The summed E-state index contributed by atoms with van der Waals surface area (Å²) in [4.78, 5) is 45.7. The Labute approximate surface area is 179 Å². The van der Waals surface area contributed by atoms with Crippen molar-refractivity contribution in [2.75, 3.05) is 18.2 Å². The van der Waals surface area contributed by atoms with Gasteiger partial charge in [-0.25, -0.2) is 9.78 Å². The largest absolute Gasteiger partial charge is 0.505 e. The number of esters is 1. The van der Waals surface area contributed by atoms with Crippen LogP contribution in [0.5, 0.6) is 5.75 Å². The van der Waals surface area contributed by atoms with Gasteiger partial charge in [0.1, 0.15) is 16.2 Å². The molecule has 0 fully saturated rings. The van der Waals surface area contributed by atoms with Crippen LogP contribution in [0.25, 0.3) is 10.2 Å². The number of phenolic OH excluding ortho intramolecular Hbond substituents is 1. The van der Waals surface area contributed by atoms with Crippen LogP contribution in [0.2, 0.25) is 0 Å². The number of nitrogens with one attached hydrogen (secondary N) is 2. The molecule has 0 saturated carbocycles. The van der Waals surface area contributed by atoms with Gasteiger partial charge in [0, 0.05) is 4.88 Å². The van der Waals surface area contributed by atoms with Gasteiger partial charge in [-0.3, -0.25) is 9.59 Å². The lowest BCUT2D eigenvalue weighted by Gasteiger charge is -2.10. The molecule has 0 saturated heterocycles. The van der Waals surface area contributed by atoms with Gasteiger partial charge in [0.25, 0.3) is 5.56 Å². The third-order valence-electron chi connectivity index (χ3n) is 4.81. The molecule has 4 rings (SSSR count). The van der Waals surface area contributed by atoms with Crippen molar-refractivity contribution in [2.24, 2.45) is 0 Å². The minimum Gasteiger partial charge on any atom is -0.505 e. The van der Waals surface area contributed by atoms with Gasteiger partial charge >= 0.3 is 5.97 Å². The number of phenols is 1. The number of fused-ring (bicyclic) bond motifs is 3. The summed E-state index contributed by atoms with van der Waals surface area (Å²) in [5.41, 5.74) is 1.12. The van der Waals surface area contributed by atoms with E-state index in [1.54, 1.807) is 11.3 Å². The molecule has 0 unspecified atom stereocenters. The van der Waals surface area contributed by atoms with Gasteiger partial charge in [0.2, 0.25) is 5.91 Å². The van der Waals surface area contributed by atoms with Crippen LogP contribution in [-0.2, 0) is 28.1 Å². The van der Waals surface area contributed by atoms with Crippen LogP contribution >= 0.6 is 23.1 Å². The Morgan fingerprint density at radius 1 is 1.37 bits per heavy atom. The number of benzene rings is 1. The van der Waals surface area contributed by atoms with Gasteiger partial charge in [-0.2, -0.15) is 0 Å². The first-order valence-electron chi connectivity index (χ1n) is 9.29. The standard InChI is InChI=1S/C20H19N3O5S2/c1-28-20(27)11-5-2-6-12(17(11)25)21-15(24)9-29-8-14-22-18(26)16-10-4-3-7-13(10)30-19(16)23-14/h2,5-6,25H,3-4,7-9H2,1H3,(H,21,24)(H,22,23,26). The Hall–Kier alpha value is -2.85. The third kappa shape index (κ3) is 3.92. The molecule has 1 aliphatic rings. The zero-order chi connectivity index (χ0) is 21.3. The molecule has 8 nitrogen and oxygen atoms in total. The summed E-state index contributed by atoms with van der Waals surface area (Å²) in [5, 5.41) is 13.4. The number of anilines is 1. The predicted molar refractivity (Wildman–Crippen MR) is 117 cm³/mol. The van der Waals surface area contributed by atoms with E-state index in [1.807, 2.05) is 0 Å². The van der Waals surface area contributed by atoms with Gasteiger partial charge in [-0.05, 0) is 37.0 Å². The highest BCUT2D eigenvalue weighted by Crippen LogP contribution is 2.34. The fourth-order valence-corrected chi connectivity index (χ4v) is 5.43. The fourth-order valence-electron chi connectivity index (χ4n) is 3.46. The van der Waals surface area contributed by atoms with Crippen molar-refractivity contribution in [1.82, 2.24) is 9.97 Å². The summed E-state index contributed by atoms with van der Waals surface area (Å²) in [6.07, 6.45) is 3.02. The van der Waals surface area contributed by atoms with E-state index in [9.17, 15) is 19.5 Å². The molecule has 0 radical (unpaired) electrons. The lowest BCUT2D eigenvalue weighted by molar-refractivity contribution is -0.113. The number of amides is 1. The van der Waals surface area contributed by atoms with Gasteiger partial charge in [0.05, 0.1) is 29.7 Å². The van der Waals surface area contributed by atoms with E-state index in [-0.39, 0.29) is 34.2 Å². The van der Waals surface area contributed by atoms with E-state index in [0.717, 1.165) is 29.7 Å². The topological polar surface area (TPSA) is 121 Å². The van der Waals surface area contributed by atoms with Crippen LogP contribution in [0.15, 0.2) is 23.0 Å². The lowest BCUT2D eigenvalue weighted by atomic mass is 10.1. The molecule has 2 aromatic heterocycles. The van der Waals surface area contributed by atoms with E-state index in [1.165, 1.54) is 41.9 Å². The molecule has 2 heterocycles. The maximum Gasteiger partial charge on any atom is 0.341 e. The Morgan fingerprint density at radius 2 is 2.20 bits per heavy atom. The maximum atomic E-state index is 12.5. The van der Waals surface area contributed by atoms with Gasteiger partial charge in [0.15, 0.2) is 5.75 Å². The predicted octanol–water partition coefficient (Wildman–Crippen LogP) is 2.84. The number of hydrogen-bond donors (Lipinski definition) is 3. The number of aromatic amines is 1. The minimum atomic E-state index is -0.692. The van der Waals surface area contributed by atoms with Crippen molar-refractivity contribution in [2.45, 2.75) is 25.0 Å². The van der Waals surface area contributed by atoms with E-state index < -0.39 is 5.97 Å². The number of ether oxygens (including phenoxy) is 1. The third-order valence-corrected chi connectivity index (χ3v) is 6.94. The molecule has 0 atom stereocenters. The summed E-state index contributed by atoms with van der Waals surface area (Å²) >= 11 is 2.87. The minimum absolute atomic E-state index is 0.0270. The van der Waals surface area contributed by atoms with Crippen molar-refractivity contribution in [1.29, 1.82) is 0 Å². The van der Waals surface area contributed by atoms with E-state index in [4.69, 9.17) is 0 Å². The number of carbonyl (C=O) groups is 2. The Kier molecular flexibility index (Phi) is 5.78. The highest BCUT2D eigenvalue weighted by atomic mass is 32.2. The van der Waals surface area contributed by atoms with E-state index in [2.05, 4.69) is 20.0 Å². The van der Waals surface area contributed by atoms with Gasteiger partial charge < -0.3 is 20.1 Å². The maximum absolute atomic E-state index is 12.5. The Balaban J connectivity index is 1.39. The van der Waals surface area contributed by atoms with Gasteiger partial charge in [-0.1, -0.05) is 6.07 Å². The van der Waals surface area contributed by atoms with Crippen LogP contribution in [-0.4, -0.2) is 39.8 Å². The molecule has 3 N–H and O–H groups in total. The molecule has 3 aromatic rings. The Bertz CT molecular complexity index is 1200. The number of aromatic hydroxyl groups is 1. The number of aryl methyl sites for hydroxylation is 2. The molecule has 1 aromatic carbocycles. The first-order chi connectivity index (χ1) is 14.5. The number of nitrogens with zero attached hydrogens (tertiary/aromatic N) is 1. The second kappa shape index (κ2) is 8.49. The molecular weight excluding hydrogens is 426 g/mol. The van der Waals surface area contributed by atoms with Crippen LogP contribution in [0.4, 0.5) is 5.69 Å². The summed E-state index contributed by atoms with van der Waals surface area (Å²) in [6, 6.07) is 4.44. The van der Waals surface area contributed by atoms with Crippen LogP contribution < -0.4 is 10.9 Å². The molecule has 0 bridgehead atoms. The molecule has 10 heteroatoms. The van der Waals surface area contributed by atoms with Crippen molar-refractivity contribution < 1.29 is 19.4 Å². The van der Waals surface area contributed by atoms with E-state index in [0.29, 0.717) is 17.0 Å². The number of para-hydroxylation sites is 1. The normalized spacial score (nSPS) is 12.7. The summed E-state index contributed by atoms with van der Waals surface area (Å²) in [5.74, 6) is -0.399. The zero-order valence-corrected chi connectivity index (χ0v) is 17.7. The molecular formula is C20H19N3O5S2. The molecule has 30 heavy (non-hydrogen) atoms. The number of rotatable bonds is 6. The van der Waals surface area contributed by atoms with Crippen molar-refractivity contribution in [3.8, 4) is 5.75 Å². The molecule has 1 aliphatic carbocycles. The summed E-state index contributed by atoms with van der Waals surface area (Å²) < 4.78 is 4.60. The van der Waals surface area contributed by atoms with Gasteiger partial charge in [-0.15, -0.1) is 23.1 Å². The molecule has 0 spiro atoms. The summed E-state index contributed by atoms with van der Waals surface area (Å²) in [7, 11) is 1.21. The first-order valence-corrected chi connectivity index (χ1v) is 11.3.